The summed E-state index contributed by atoms with van der Waals surface area (Å²) in [5.41, 5.74) is 0.781. The van der Waals surface area contributed by atoms with Gasteiger partial charge in [-0.15, -0.1) is 0 Å². The molecule has 3 heteroatoms. The first-order valence-corrected chi connectivity index (χ1v) is 9.33. The van der Waals surface area contributed by atoms with E-state index in [2.05, 4.69) is 26.8 Å². The van der Waals surface area contributed by atoms with Gasteiger partial charge in [-0.2, -0.15) is 0 Å². The minimum Gasteiger partial charge on any atom is -0.481 e. The summed E-state index contributed by atoms with van der Waals surface area (Å²) >= 11 is 0. The first kappa shape index (κ1) is 17.0. The first-order chi connectivity index (χ1) is 10.8. The molecule has 0 bridgehead atoms. The van der Waals surface area contributed by atoms with Gasteiger partial charge >= 0.3 is 5.97 Å². The largest absolute Gasteiger partial charge is 0.481 e. The Labute approximate surface area is 140 Å². The van der Waals surface area contributed by atoms with E-state index < -0.39 is 11.4 Å². The van der Waals surface area contributed by atoms with Crippen LogP contribution in [0.3, 0.4) is 0 Å². The van der Waals surface area contributed by atoms with Crippen LogP contribution in [0.2, 0.25) is 0 Å². The highest BCUT2D eigenvalue weighted by Crippen LogP contribution is 2.64. The van der Waals surface area contributed by atoms with E-state index in [0.29, 0.717) is 24.2 Å². The van der Waals surface area contributed by atoms with Gasteiger partial charge in [-0.3, -0.25) is 4.79 Å². The molecule has 2 N–H and O–H groups in total. The predicted octanol–water partition coefficient (Wildman–Crippen LogP) is 4.26. The molecule has 3 rings (SSSR count). The van der Waals surface area contributed by atoms with Crippen LogP contribution in [-0.2, 0) is 4.79 Å². The highest BCUT2D eigenvalue weighted by molar-refractivity contribution is 5.75. The second-order valence-electron chi connectivity index (χ2n) is 8.82. The zero-order valence-corrected chi connectivity index (χ0v) is 15.0. The van der Waals surface area contributed by atoms with Crippen LogP contribution in [-0.4, -0.2) is 22.3 Å². The van der Waals surface area contributed by atoms with Crippen molar-refractivity contribution in [2.75, 3.05) is 0 Å². The van der Waals surface area contributed by atoms with Gasteiger partial charge in [-0.25, -0.2) is 0 Å². The lowest BCUT2D eigenvalue weighted by Gasteiger charge is -2.62. The van der Waals surface area contributed by atoms with Crippen molar-refractivity contribution in [3.63, 3.8) is 0 Å². The number of carbonyl (C=O) groups is 1. The number of carboxylic acids is 1. The van der Waals surface area contributed by atoms with E-state index in [1.165, 1.54) is 5.57 Å². The summed E-state index contributed by atoms with van der Waals surface area (Å²) in [6, 6.07) is 0. The van der Waals surface area contributed by atoms with Crippen molar-refractivity contribution in [2.24, 2.45) is 34.5 Å². The molecule has 0 radical (unpaired) electrons. The maximum absolute atomic E-state index is 12.0. The molecule has 3 nitrogen and oxygen atoms in total. The summed E-state index contributed by atoms with van der Waals surface area (Å²) in [7, 11) is 0. The smallest absolute Gasteiger partial charge is 0.309 e. The normalized spacial score (nSPS) is 49.8. The Hall–Kier alpha value is -0.830. The molecule has 0 amide bonds. The number of allylic oxidation sites excluding steroid dienone is 2. The van der Waals surface area contributed by atoms with Crippen LogP contribution in [0.25, 0.3) is 0 Å². The monoisotopic (exact) mass is 320 g/mol. The molecule has 7 atom stereocenters. The number of fused-ring (bicyclic) bond motifs is 3. The van der Waals surface area contributed by atoms with E-state index in [4.69, 9.17) is 0 Å². The van der Waals surface area contributed by atoms with E-state index in [0.717, 1.165) is 32.1 Å². The molecule has 0 saturated heterocycles. The molecule has 3 aliphatic rings. The molecule has 2 saturated carbocycles. The van der Waals surface area contributed by atoms with Gasteiger partial charge in [-0.1, -0.05) is 31.9 Å². The average Bonchev–Trinajstić information content (AvgIpc) is 2.49. The van der Waals surface area contributed by atoms with Gasteiger partial charge in [0.2, 0.25) is 0 Å². The van der Waals surface area contributed by atoms with Crippen LogP contribution >= 0.6 is 0 Å². The number of hydrogen-bond acceptors (Lipinski definition) is 2. The van der Waals surface area contributed by atoms with E-state index in [1.54, 1.807) is 0 Å². The lowest BCUT2D eigenvalue weighted by molar-refractivity contribution is -0.185. The van der Waals surface area contributed by atoms with Crippen molar-refractivity contribution in [1.29, 1.82) is 0 Å². The summed E-state index contributed by atoms with van der Waals surface area (Å²) in [4.78, 5) is 12.0. The minimum absolute atomic E-state index is 0.0416. The molecule has 3 aliphatic carbocycles. The molecule has 0 aliphatic heterocycles. The molecular weight excluding hydrogens is 288 g/mol. The van der Waals surface area contributed by atoms with Gasteiger partial charge in [0.05, 0.1) is 11.5 Å². The lowest BCUT2D eigenvalue weighted by atomic mass is 9.43. The highest BCUT2D eigenvalue weighted by Gasteiger charge is 2.61. The fraction of sp³-hybridized carbons (Fsp3) is 0.850. The van der Waals surface area contributed by atoms with Crippen molar-refractivity contribution in [3.05, 3.63) is 11.6 Å². The number of hydrogen-bond donors (Lipinski definition) is 2. The molecule has 130 valence electrons. The van der Waals surface area contributed by atoms with Crippen molar-refractivity contribution in [2.45, 2.75) is 72.3 Å². The second kappa shape index (κ2) is 5.61. The van der Waals surface area contributed by atoms with Gasteiger partial charge in [0, 0.05) is 0 Å². The third-order valence-electron chi connectivity index (χ3n) is 7.88. The summed E-state index contributed by atoms with van der Waals surface area (Å²) in [6.07, 6.45) is 7.59. The first-order valence-electron chi connectivity index (χ1n) is 9.33. The zero-order chi connectivity index (χ0) is 17.0. The SMILES string of the molecule is CCC1C(C)=CCC2C1C(O)CC1C(C)(C(=O)O)CCCC21C. The number of carboxylic acid groups (broad SMARTS) is 1. The summed E-state index contributed by atoms with van der Waals surface area (Å²) in [5.74, 6) is 0.598. The molecule has 23 heavy (non-hydrogen) atoms. The maximum Gasteiger partial charge on any atom is 0.309 e. The Morgan fingerprint density at radius 1 is 1.35 bits per heavy atom. The van der Waals surface area contributed by atoms with E-state index >= 15 is 0 Å². The Morgan fingerprint density at radius 2 is 2.04 bits per heavy atom. The number of rotatable bonds is 2. The van der Waals surface area contributed by atoms with Crippen molar-refractivity contribution in [1.82, 2.24) is 0 Å². The summed E-state index contributed by atoms with van der Waals surface area (Å²) in [6.45, 7) is 8.66. The number of aliphatic carboxylic acids is 1. The molecule has 0 heterocycles. The minimum atomic E-state index is -0.684. The van der Waals surface area contributed by atoms with Crippen LogP contribution in [0.4, 0.5) is 0 Å². The lowest BCUT2D eigenvalue weighted by Crippen LogP contribution is -2.60. The summed E-state index contributed by atoms with van der Waals surface area (Å²) in [5, 5.41) is 20.9. The molecule has 0 aromatic carbocycles. The molecule has 0 aromatic heterocycles. The molecule has 0 spiro atoms. The Bertz CT molecular complexity index is 525. The zero-order valence-electron chi connectivity index (χ0n) is 15.0. The van der Waals surface area contributed by atoms with Crippen LogP contribution in [0.5, 0.6) is 0 Å². The molecule has 0 aromatic rings. The van der Waals surface area contributed by atoms with E-state index in [9.17, 15) is 15.0 Å². The van der Waals surface area contributed by atoms with E-state index in [-0.39, 0.29) is 17.4 Å². The van der Waals surface area contributed by atoms with Gasteiger partial charge in [-0.05, 0) is 75.0 Å². The molecular formula is C20H32O3. The van der Waals surface area contributed by atoms with Gasteiger partial charge < -0.3 is 10.2 Å². The number of aliphatic hydroxyl groups excluding tert-OH is 1. The quantitative estimate of drug-likeness (QED) is 0.748. The topological polar surface area (TPSA) is 57.5 Å². The van der Waals surface area contributed by atoms with Gasteiger partial charge in [0.1, 0.15) is 0 Å². The van der Waals surface area contributed by atoms with Crippen molar-refractivity contribution in [3.8, 4) is 0 Å². The molecule has 7 unspecified atom stereocenters. The third-order valence-corrected chi connectivity index (χ3v) is 7.88. The fourth-order valence-corrected chi connectivity index (χ4v) is 6.59. The Kier molecular flexibility index (Phi) is 4.15. The Balaban J connectivity index is 2.04. The number of aliphatic hydroxyl groups is 1. The maximum atomic E-state index is 12.0. The molecule has 2 fully saturated rings. The Morgan fingerprint density at radius 3 is 2.65 bits per heavy atom. The second-order valence-corrected chi connectivity index (χ2v) is 8.82. The van der Waals surface area contributed by atoms with Crippen molar-refractivity contribution < 1.29 is 15.0 Å². The van der Waals surface area contributed by atoms with Gasteiger partial charge in [0.25, 0.3) is 0 Å². The summed E-state index contributed by atoms with van der Waals surface area (Å²) < 4.78 is 0. The van der Waals surface area contributed by atoms with E-state index in [1.807, 2.05) is 6.92 Å². The van der Waals surface area contributed by atoms with Crippen LogP contribution < -0.4 is 0 Å². The van der Waals surface area contributed by atoms with Gasteiger partial charge in [0.15, 0.2) is 0 Å². The third kappa shape index (κ3) is 2.30. The average molecular weight is 320 g/mol. The van der Waals surface area contributed by atoms with Crippen LogP contribution in [0.1, 0.15) is 66.2 Å². The van der Waals surface area contributed by atoms with Crippen molar-refractivity contribution >= 4 is 5.97 Å². The van der Waals surface area contributed by atoms with Crippen LogP contribution in [0.15, 0.2) is 11.6 Å². The standard InChI is InChI=1S/C20H32O3/c1-5-13-12(2)7-8-14-17(13)15(21)11-16-19(14,3)9-6-10-20(16,4)18(22)23/h7,13-17,21H,5-6,8-11H2,1-4H3,(H,22,23). The van der Waals surface area contributed by atoms with Crippen LogP contribution in [0, 0.1) is 34.5 Å². The highest BCUT2D eigenvalue weighted by atomic mass is 16.4. The fourth-order valence-electron chi connectivity index (χ4n) is 6.59. The predicted molar refractivity (Wildman–Crippen MR) is 90.9 cm³/mol.